The van der Waals surface area contributed by atoms with E-state index in [0.29, 0.717) is 18.5 Å². The van der Waals surface area contributed by atoms with E-state index in [2.05, 4.69) is 51.4 Å². The van der Waals surface area contributed by atoms with Crippen LogP contribution in [-0.4, -0.2) is 61.2 Å². The van der Waals surface area contributed by atoms with Gasteiger partial charge in [-0.05, 0) is 120 Å². The molecule has 3 aromatic carbocycles. The molecule has 2 atom stereocenters. The fraction of sp³-hybridized carbons (Fsp3) is 0.415. The van der Waals surface area contributed by atoms with E-state index in [9.17, 15) is 14.4 Å². The van der Waals surface area contributed by atoms with Crippen molar-refractivity contribution < 1.29 is 19.1 Å². The summed E-state index contributed by atoms with van der Waals surface area (Å²) in [5, 5.41) is 2.78. The van der Waals surface area contributed by atoms with Crippen LogP contribution in [-0.2, 0) is 9.47 Å². The Labute approximate surface area is 298 Å². The minimum Gasteiger partial charge on any atom is -0.444 e. The molecule has 0 spiro atoms. The van der Waals surface area contributed by atoms with Crippen LogP contribution in [0.1, 0.15) is 97.2 Å². The van der Waals surface area contributed by atoms with Gasteiger partial charge in [0.25, 0.3) is 0 Å². The van der Waals surface area contributed by atoms with Crippen molar-refractivity contribution in [2.24, 2.45) is 0 Å². The Bertz CT molecular complexity index is 2170. The first-order valence-corrected chi connectivity index (χ1v) is 18.0. The normalized spacial score (nSPS) is 18.4. The number of hydrogen-bond acceptors (Lipinski definition) is 6. The van der Waals surface area contributed by atoms with Crippen LogP contribution in [0.3, 0.4) is 0 Å². The summed E-state index contributed by atoms with van der Waals surface area (Å²) in [7, 11) is 0. The molecule has 0 aliphatic carbocycles. The predicted octanol–water partition coefficient (Wildman–Crippen LogP) is 9.27. The van der Waals surface area contributed by atoms with E-state index >= 15 is 0 Å². The Morgan fingerprint density at radius 2 is 1.29 bits per heavy atom. The van der Waals surface area contributed by atoms with Gasteiger partial charge in [0.05, 0.1) is 29.5 Å². The maximum Gasteiger partial charge on any atom is 0.410 e. The molecule has 266 valence electrons. The number of nitrogens with zero attached hydrogens (tertiary/aromatic N) is 3. The smallest absolute Gasteiger partial charge is 0.410 e. The van der Waals surface area contributed by atoms with Crippen molar-refractivity contribution in [2.75, 3.05) is 13.1 Å². The number of pyridine rings is 1. The highest BCUT2D eigenvalue weighted by atomic mass is 16.6. The lowest BCUT2D eigenvalue weighted by atomic mass is 9.97. The first kappa shape index (κ1) is 34.3. The molecule has 10 nitrogen and oxygen atoms in total. The molecule has 0 bridgehead atoms. The highest BCUT2D eigenvalue weighted by Gasteiger charge is 2.35. The molecule has 0 radical (unpaired) electrons. The van der Waals surface area contributed by atoms with Gasteiger partial charge in [0.15, 0.2) is 5.43 Å². The molecule has 2 N–H and O–H groups in total. The van der Waals surface area contributed by atoms with Crippen molar-refractivity contribution in [2.45, 2.75) is 96.9 Å². The number of benzene rings is 3. The Balaban J connectivity index is 1.13. The number of carbonyl (C=O) groups excluding carboxylic acids is 2. The lowest BCUT2D eigenvalue weighted by Crippen LogP contribution is -2.42. The Morgan fingerprint density at radius 3 is 2.00 bits per heavy atom. The Morgan fingerprint density at radius 1 is 0.706 bits per heavy atom. The van der Waals surface area contributed by atoms with E-state index in [-0.39, 0.29) is 29.7 Å². The van der Waals surface area contributed by atoms with Crippen molar-refractivity contribution in [1.82, 2.24) is 24.8 Å². The second-order valence-electron chi connectivity index (χ2n) is 15.8. The molecule has 7 rings (SSSR count). The zero-order chi connectivity index (χ0) is 36.1. The maximum atomic E-state index is 13.3. The van der Waals surface area contributed by atoms with E-state index in [1.165, 1.54) is 0 Å². The zero-order valence-electron chi connectivity index (χ0n) is 30.3. The number of fused-ring (bicyclic) bond motifs is 2. The predicted molar refractivity (Wildman–Crippen MR) is 200 cm³/mol. The van der Waals surface area contributed by atoms with Crippen LogP contribution in [0.5, 0.6) is 0 Å². The van der Waals surface area contributed by atoms with Gasteiger partial charge in [-0.25, -0.2) is 14.6 Å². The number of nitrogens with one attached hydrogen (secondary N) is 2. The Kier molecular flexibility index (Phi) is 8.89. The molecule has 2 aromatic heterocycles. The Hall–Kier alpha value is -5.12. The monoisotopic (exact) mass is 689 g/mol. The molecule has 2 unspecified atom stereocenters. The molecule has 10 heteroatoms. The maximum absolute atomic E-state index is 13.3. The van der Waals surface area contributed by atoms with Gasteiger partial charge < -0.3 is 19.4 Å². The van der Waals surface area contributed by atoms with Crippen molar-refractivity contribution in [3.63, 3.8) is 0 Å². The van der Waals surface area contributed by atoms with Crippen molar-refractivity contribution in [1.29, 1.82) is 0 Å². The number of likely N-dealkylation sites (tertiary alicyclic amines) is 2. The third kappa shape index (κ3) is 7.36. The van der Waals surface area contributed by atoms with E-state index < -0.39 is 11.2 Å². The number of hydrogen-bond donors (Lipinski definition) is 2. The number of ether oxygens (including phenoxy) is 2. The summed E-state index contributed by atoms with van der Waals surface area (Å²) in [6.45, 7) is 12.5. The van der Waals surface area contributed by atoms with Crippen LogP contribution in [0.4, 0.5) is 9.59 Å². The van der Waals surface area contributed by atoms with Gasteiger partial charge in [0.1, 0.15) is 17.0 Å². The van der Waals surface area contributed by atoms with E-state index in [1.807, 2.05) is 65.9 Å². The summed E-state index contributed by atoms with van der Waals surface area (Å²) in [5.41, 5.74) is 4.16. The van der Waals surface area contributed by atoms with Gasteiger partial charge >= 0.3 is 12.2 Å². The average Bonchev–Trinajstić information content (AvgIpc) is 3.77. The van der Waals surface area contributed by atoms with Crippen LogP contribution in [0.2, 0.25) is 0 Å². The number of H-pyrrole nitrogens is 2. The minimum absolute atomic E-state index is 0.0708. The van der Waals surface area contributed by atoms with Crippen LogP contribution in [0.25, 0.3) is 44.1 Å². The summed E-state index contributed by atoms with van der Waals surface area (Å²) in [4.78, 5) is 54.5. The molecular formula is C41H47N5O5. The van der Waals surface area contributed by atoms with E-state index in [1.54, 1.807) is 15.9 Å². The van der Waals surface area contributed by atoms with Crippen molar-refractivity contribution in [3.05, 3.63) is 88.6 Å². The number of aromatic amines is 2. The first-order valence-electron chi connectivity index (χ1n) is 18.0. The molecule has 2 amide bonds. The second kappa shape index (κ2) is 13.2. The molecule has 5 aromatic rings. The van der Waals surface area contributed by atoms with Crippen LogP contribution in [0.15, 0.2) is 71.7 Å². The number of aromatic nitrogens is 3. The van der Waals surface area contributed by atoms with Gasteiger partial charge in [0, 0.05) is 35.8 Å². The molecule has 2 aliphatic rings. The quantitative estimate of drug-likeness (QED) is 0.194. The molecule has 2 saturated heterocycles. The van der Waals surface area contributed by atoms with Gasteiger partial charge in [-0.1, -0.05) is 30.3 Å². The molecule has 0 saturated carbocycles. The van der Waals surface area contributed by atoms with Gasteiger partial charge in [-0.2, -0.15) is 0 Å². The number of rotatable bonds is 4. The summed E-state index contributed by atoms with van der Waals surface area (Å²) in [5.74, 6) is 0.766. The summed E-state index contributed by atoms with van der Waals surface area (Å²) in [6.07, 6.45) is 5.54. The summed E-state index contributed by atoms with van der Waals surface area (Å²) >= 11 is 0. The summed E-state index contributed by atoms with van der Waals surface area (Å²) < 4.78 is 11.4. The number of imidazole rings is 1. The van der Waals surface area contributed by atoms with Crippen LogP contribution < -0.4 is 5.43 Å². The topological polar surface area (TPSA) is 121 Å². The highest BCUT2D eigenvalue weighted by Crippen LogP contribution is 2.35. The number of carbonyl (C=O) groups is 2. The summed E-state index contributed by atoms with van der Waals surface area (Å²) in [6, 6.07) is 19.8. The lowest BCUT2D eigenvalue weighted by Gasteiger charge is -2.36. The standard InChI is InChI=1S/C41H47N5O5/c1-40(2,3)50-38(48)45-18-8-7-10-34(45)32-23-36(47)30-17-16-28(22-31(30)43-32)26-12-13-27-21-29(15-14-25(27)20-26)33-24-42-37(44-33)35-11-9-19-46(35)39(49)51-41(4,5)6/h12-17,20-24,34-35H,7-11,18-19H2,1-6H3,(H,42,44)(H,43,47). The number of amides is 2. The van der Waals surface area contributed by atoms with Gasteiger partial charge in [-0.15, -0.1) is 0 Å². The van der Waals surface area contributed by atoms with Crippen LogP contribution >= 0.6 is 0 Å². The molecule has 2 aliphatic heterocycles. The van der Waals surface area contributed by atoms with Crippen molar-refractivity contribution in [3.8, 4) is 22.4 Å². The molecule has 51 heavy (non-hydrogen) atoms. The fourth-order valence-electron chi connectivity index (χ4n) is 7.26. The fourth-order valence-corrected chi connectivity index (χ4v) is 7.26. The second-order valence-corrected chi connectivity index (χ2v) is 15.8. The first-order chi connectivity index (χ1) is 24.2. The number of piperidine rings is 1. The average molecular weight is 690 g/mol. The van der Waals surface area contributed by atoms with E-state index in [4.69, 9.17) is 9.47 Å². The molecule has 2 fully saturated rings. The third-order valence-corrected chi connectivity index (χ3v) is 9.62. The molecular weight excluding hydrogens is 642 g/mol. The third-order valence-electron chi connectivity index (χ3n) is 9.62. The SMILES string of the molecule is CC(C)(C)OC(=O)N1CCCCC1c1cc(=O)c2ccc(-c3ccc4cc(-c5cnc(C6CCCN6C(=O)OC(C)(C)C)[nH]5)ccc4c3)cc2[nH]1. The minimum atomic E-state index is -0.600. The highest BCUT2D eigenvalue weighted by molar-refractivity contribution is 5.92. The zero-order valence-corrected chi connectivity index (χ0v) is 30.3. The largest absolute Gasteiger partial charge is 0.444 e. The van der Waals surface area contributed by atoms with Crippen molar-refractivity contribution >= 4 is 33.9 Å². The van der Waals surface area contributed by atoms with Gasteiger partial charge in [-0.3, -0.25) is 14.6 Å². The van der Waals surface area contributed by atoms with Crippen LogP contribution in [0, 0.1) is 0 Å². The molecule has 4 heterocycles. The van der Waals surface area contributed by atoms with E-state index in [0.717, 1.165) is 82.3 Å². The lowest BCUT2D eigenvalue weighted by molar-refractivity contribution is 0.00894. The van der Waals surface area contributed by atoms with Gasteiger partial charge in [0.2, 0.25) is 0 Å².